The van der Waals surface area contributed by atoms with Gasteiger partial charge in [0.2, 0.25) is 15.9 Å². The zero-order chi connectivity index (χ0) is 19.7. The van der Waals surface area contributed by atoms with Crippen molar-refractivity contribution in [1.82, 2.24) is 4.72 Å². The molecule has 2 unspecified atom stereocenters. The quantitative estimate of drug-likeness (QED) is 0.630. The summed E-state index contributed by atoms with van der Waals surface area (Å²) in [7, 11) is -2.13. The highest BCUT2D eigenvalue weighted by Gasteiger charge is 2.20. The lowest BCUT2D eigenvalue weighted by Crippen LogP contribution is -2.21. The van der Waals surface area contributed by atoms with Crippen LogP contribution in [0.1, 0.15) is 26.7 Å². The Morgan fingerprint density at radius 2 is 1.96 bits per heavy atom. The molecule has 0 aliphatic carbocycles. The lowest BCUT2D eigenvalue weighted by Gasteiger charge is -2.11. The molecule has 0 saturated carbocycles. The Morgan fingerprint density at radius 1 is 1.35 bits per heavy atom. The second-order valence-electron chi connectivity index (χ2n) is 5.99. The van der Waals surface area contributed by atoms with Crippen molar-refractivity contribution < 1.29 is 27.9 Å². The van der Waals surface area contributed by atoms with E-state index >= 15 is 0 Å². The van der Waals surface area contributed by atoms with Gasteiger partial charge in [-0.25, -0.2) is 13.1 Å². The molecule has 0 spiro atoms. The molecule has 1 heterocycles. The third-order valence-electron chi connectivity index (χ3n) is 3.91. The second-order valence-corrected chi connectivity index (χ2v) is 7.88. The van der Waals surface area contributed by atoms with Gasteiger partial charge in [-0.15, -0.1) is 0 Å². The molecule has 1 aliphatic heterocycles. The van der Waals surface area contributed by atoms with Crippen LogP contribution in [-0.4, -0.2) is 45.7 Å². The van der Waals surface area contributed by atoms with Crippen molar-refractivity contribution >= 4 is 27.6 Å². The lowest BCUT2D eigenvalue weighted by molar-refractivity contribution is -0.140. The Kier molecular flexibility index (Phi) is 8.70. The Balaban J connectivity index is 0.000000401. The minimum absolute atomic E-state index is 0.0417. The van der Waals surface area contributed by atoms with Crippen LogP contribution in [0.15, 0.2) is 29.2 Å². The van der Waals surface area contributed by atoms with Gasteiger partial charge in [-0.3, -0.25) is 9.59 Å². The predicted octanol–water partition coefficient (Wildman–Crippen LogP) is 1.12. The second kappa shape index (κ2) is 10.2. The highest BCUT2D eigenvalue weighted by atomic mass is 32.2. The summed E-state index contributed by atoms with van der Waals surface area (Å²) in [6, 6.07) is 5.87. The summed E-state index contributed by atoms with van der Waals surface area (Å²) in [6.07, 6.45) is 1.29. The SMILES string of the molecule is CC1CCOC1=O.CNS(=O)(=O)c1ccc(NC(=O)C(C)CCO)cc1. The van der Waals surface area contributed by atoms with Crippen LogP contribution >= 0.6 is 0 Å². The molecule has 1 amide bonds. The number of nitrogens with one attached hydrogen (secondary N) is 2. The minimum atomic E-state index is -3.46. The number of sulfonamides is 1. The van der Waals surface area contributed by atoms with Crippen LogP contribution in [0.3, 0.4) is 0 Å². The van der Waals surface area contributed by atoms with Crippen molar-refractivity contribution in [3.63, 3.8) is 0 Å². The predicted molar refractivity (Wildman–Crippen MR) is 96.9 cm³/mol. The first-order chi connectivity index (χ1) is 12.2. The number of anilines is 1. The number of hydrogen-bond acceptors (Lipinski definition) is 6. The van der Waals surface area contributed by atoms with E-state index in [0.717, 1.165) is 6.42 Å². The van der Waals surface area contributed by atoms with Crippen molar-refractivity contribution in [2.45, 2.75) is 31.6 Å². The van der Waals surface area contributed by atoms with E-state index in [1.807, 2.05) is 6.92 Å². The molecule has 1 aliphatic rings. The minimum Gasteiger partial charge on any atom is -0.465 e. The van der Waals surface area contributed by atoms with Crippen LogP contribution in [0.2, 0.25) is 0 Å². The summed E-state index contributed by atoms with van der Waals surface area (Å²) < 4.78 is 29.8. The Bertz CT molecular complexity index is 702. The van der Waals surface area contributed by atoms with Gasteiger partial charge in [-0.1, -0.05) is 13.8 Å². The van der Waals surface area contributed by atoms with Crippen LogP contribution in [0.5, 0.6) is 0 Å². The number of rotatable bonds is 6. The van der Waals surface area contributed by atoms with E-state index in [4.69, 9.17) is 5.11 Å². The number of cyclic esters (lactones) is 1. The largest absolute Gasteiger partial charge is 0.465 e. The highest BCUT2D eigenvalue weighted by molar-refractivity contribution is 7.89. The first-order valence-electron chi connectivity index (χ1n) is 8.33. The Labute approximate surface area is 154 Å². The van der Waals surface area contributed by atoms with Crippen LogP contribution in [0.25, 0.3) is 0 Å². The lowest BCUT2D eigenvalue weighted by atomic mass is 10.1. The molecule has 9 heteroatoms. The maximum absolute atomic E-state index is 11.7. The van der Waals surface area contributed by atoms with E-state index < -0.39 is 10.0 Å². The number of carbonyl (C=O) groups excluding carboxylic acids is 2. The van der Waals surface area contributed by atoms with Crippen molar-refractivity contribution in [2.24, 2.45) is 11.8 Å². The van der Waals surface area contributed by atoms with Crippen LogP contribution in [-0.2, 0) is 24.3 Å². The molecule has 2 rings (SSSR count). The molecular weight excluding hydrogens is 360 g/mol. The zero-order valence-corrected chi connectivity index (χ0v) is 16.0. The van der Waals surface area contributed by atoms with Gasteiger partial charge < -0.3 is 15.2 Å². The van der Waals surface area contributed by atoms with Crippen LogP contribution in [0.4, 0.5) is 5.69 Å². The van der Waals surface area contributed by atoms with Crippen molar-refractivity contribution in [1.29, 1.82) is 0 Å². The summed E-state index contributed by atoms with van der Waals surface area (Å²) in [6.45, 7) is 4.18. The van der Waals surface area contributed by atoms with E-state index in [0.29, 0.717) is 18.7 Å². The van der Waals surface area contributed by atoms with Gasteiger partial charge in [0.05, 0.1) is 17.4 Å². The van der Waals surface area contributed by atoms with Gasteiger partial charge >= 0.3 is 5.97 Å². The van der Waals surface area contributed by atoms with Crippen molar-refractivity contribution in [3.05, 3.63) is 24.3 Å². The van der Waals surface area contributed by atoms with Crippen molar-refractivity contribution in [2.75, 3.05) is 25.6 Å². The summed E-state index contributed by atoms with van der Waals surface area (Å²) in [5.41, 5.74) is 0.518. The molecule has 0 radical (unpaired) electrons. The van der Waals surface area contributed by atoms with Gasteiger partial charge in [0.25, 0.3) is 0 Å². The van der Waals surface area contributed by atoms with E-state index in [-0.39, 0.29) is 35.2 Å². The smallest absolute Gasteiger partial charge is 0.308 e. The number of ether oxygens (including phenoxy) is 1. The molecule has 8 nitrogen and oxygen atoms in total. The first-order valence-corrected chi connectivity index (χ1v) is 9.81. The standard InChI is InChI=1S/C12H18N2O4S.C5H8O2/c1-9(7-8-15)12(16)14-10-3-5-11(6-4-10)19(17,18)13-2;1-4-2-3-7-5(4)6/h3-6,9,13,15H,7-8H2,1-2H3,(H,14,16);4H,2-3H2,1H3. The van der Waals surface area contributed by atoms with E-state index in [1.54, 1.807) is 6.92 Å². The molecule has 1 aromatic carbocycles. The summed E-state index contributed by atoms with van der Waals surface area (Å²) in [5, 5.41) is 11.4. The fourth-order valence-corrected chi connectivity index (χ4v) is 2.75. The fraction of sp³-hybridized carbons (Fsp3) is 0.529. The van der Waals surface area contributed by atoms with Crippen LogP contribution < -0.4 is 10.0 Å². The van der Waals surface area contributed by atoms with Gasteiger partial charge in [-0.2, -0.15) is 0 Å². The summed E-state index contributed by atoms with van der Waals surface area (Å²) >= 11 is 0. The number of benzene rings is 1. The van der Waals surface area contributed by atoms with Crippen LogP contribution in [0, 0.1) is 11.8 Å². The van der Waals surface area contributed by atoms with E-state index in [2.05, 4.69) is 14.8 Å². The number of aliphatic hydroxyl groups excluding tert-OH is 1. The maximum Gasteiger partial charge on any atom is 0.308 e. The Hall–Kier alpha value is -1.97. The number of amides is 1. The van der Waals surface area contributed by atoms with Gasteiger partial charge in [0.1, 0.15) is 0 Å². The number of aliphatic hydroxyl groups is 1. The monoisotopic (exact) mass is 386 g/mol. The normalized spacial score (nSPS) is 17.7. The first kappa shape index (κ1) is 22.1. The molecule has 3 N–H and O–H groups in total. The van der Waals surface area contributed by atoms with E-state index in [1.165, 1.54) is 31.3 Å². The average molecular weight is 386 g/mol. The molecule has 1 fully saturated rings. The number of hydrogen-bond donors (Lipinski definition) is 3. The molecule has 1 saturated heterocycles. The molecule has 2 atom stereocenters. The molecule has 0 bridgehead atoms. The summed E-state index contributed by atoms with van der Waals surface area (Å²) in [4.78, 5) is 22.2. The molecule has 146 valence electrons. The molecule has 1 aromatic rings. The maximum atomic E-state index is 11.7. The van der Waals surface area contributed by atoms with E-state index in [9.17, 15) is 18.0 Å². The van der Waals surface area contributed by atoms with Gasteiger partial charge in [0.15, 0.2) is 0 Å². The summed E-state index contributed by atoms with van der Waals surface area (Å²) in [5.74, 6) is -0.399. The topological polar surface area (TPSA) is 122 Å². The number of esters is 1. The molecule has 0 aromatic heterocycles. The van der Waals surface area contributed by atoms with Crippen molar-refractivity contribution in [3.8, 4) is 0 Å². The average Bonchev–Trinajstić information content (AvgIpc) is 2.99. The molecule has 26 heavy (non-hydrogen) atoms. The van der Waals surface area contributed by atoms with Gasteiger partial charge in [0, 0.05) is 18.2 Å². The number of carbonyl (C=O) groups is 2. The fourth-order valence-electron chi connectivity index (χ4n) is 2.02. The molecular formula is C17H26N2O6S. The highest BCUT2D eigenvalue weighted by Crippen LogP contribution is 2.15. The third kappa shape index (κ3) is 6.74. The Morgan fingerprint density at radius 3 is 2.35 bits per heavy atom. The third-order valence-corrected chi connectivity index (χ3v) is 5.34. The van der Waals surface area contributed by atoms with Gasteiger partial charge in [-0.05, 0) is 44.2 Å². The zero-order valence-electron chi connectivity index (χ0n) is 15.2.